The number of unbranched alkanes of at least 4 members (excludes halogenated alkanes) is 2. The third-order valence-corrected chi connectivity index (χ3v) is 6.63. The minimum absolute atomic E-state index is 0.0227. The molecule has 170 valence electrons. The molecule has 5 heteroatoms. The predicted molar refractivity (Wildman–Crippen MR) is 114 cm³/mol. The summed E-state index contributed by atoms with van der Waals surface area (Å²) in [5.41, 5.74) is 0.820. The average molecular weight is 439 g/mol. The summed E-state index contributed by atoms with van der Waals surface area (Å²) in [6.07, 6.45) is 5.89. The van der Waals surface area contributed by atoms with Crippen molar-refractivity contribution in [3.63, 3.8) is 0 Å². The lowest BCUT2D eigenvalue weighted by molar-refractivity contribution is -0.137. The predicted octanol–water partition coefficient (Wildman–Crippen LogP) is 8.62. The van der Waals surface area contributed by atoms with Gasteiger partial charge in [-0.05, 0) is 79.2 Å². The van der Waals surface area contributed by atoms with Gasteiger partial charge in [0.2, 0.25) is 0 Å². The summed E-state index contributed by atoms with van der Waals surface area (Å²) in [4.78, 5) is 0. The number of halogens is 5. The van der Waals surface area contributed by atoms with Crippen LogP contribution in [-0.2, 0) is 19.0 Å². The minimum Gasteiger partial charge on any atom is -0.204 e. The van der Waals surface area contributed by atoms with Crippen LogP contribution in [0.4, 0.5) is 22.0 Å². The van der Waals surface area contributed by atoms with Crippen molar-refractivity contribution in [3.05, 3.63) is 70.3 Å². The Morgan fingerprint density at radius 1 is 0.871 bits per heavy atom. The molecule has 0 amide bonds. The van der Waals surface area contributed by atoms with Crippen molar-refractivity contribution in [3.8, 4) is 0 Å². The summed E-state index contributed by atoms with van der Waals surface area (Å²) in [7, 11) is 0. The van der Waals surface area contributed by atoms with Crippen molar-refractivity contribution in [1.82, 2.24) is 0 Å². The number of aryl methyl sites for hydroxylation is 2. The van der Waals surface area contributed by atoms with Crippen LogP contribution in [0.1, 0.15) is 86.5 Å². The monoisotopic (exact) mass is 438 g/mol. The van der Waals surface area contributed by atoms with Crippen molar-refractivity contribution in [1.29, 1.82) is 0 Å². The fourth-order valence-electron chi connectivity index (χ4n) is 4.69. The molecular weight excluding hydrogens is 407 g/mol. The van der Waals surface area contributed by atoms with Crippen molar-refractivity contribution in [2.24, 2.45) is 5.92 Å². The Morgan fingerprint density at radius 3 is 2.16 bits per heavy atom. The molecule has 1 fully saturated rings. The molecule has 0 spiro atoms. The highest BCUT2D eigenvalue weighted by atomic mass is 19.4. The van der Waals surface area contributed by atoms with Crippen LogP contribution in [0.3, 0.4) is 0 Å². The van der Waals surface area contributed by atoms with Crippen LogP contribution in [0.15, 0.2) is 36.4 Å². The lowest BCUT2D eigenvalue weighted by atomic mass is 9.77. The molecule has 1 aliphatic rings. The molecule has 0 aliphatic heterocycles. The van der Waals surface area contributed by atoms with E-state index < -0.39 is 23.4 Å². The second kappa shape index (κ2) is 10.6. The maximum atomic E-state index is 14.0. The smallest absolute Gasteiger partial charge is 0.204 e. The second-order valence-corrected chi connectivity index (χ2v) is 8.88. The first-order valence-corrected chi connectivity index (χ1v) is 11.4. The lowest BCUT2D eigenvalue weighted by Gasteiger charge is -2.29. The maximum Gasteiger partial charge on any atom is 0.416 e. The van der Waals surface area contributed by atoms with Crippen molar-refractivity contribution < 1.29 is 22.0 Å². The molecule has 1 aliphatic carbocycles. The van der Waals surface area contributed by atoms with E-state index in [1.54, 1.807) is 0 Å². The molecular formula is C26H31F5. The van der Waals surface area contributed by atoms with Gasteiger partial charge < -0.3 is 0 Å². The maximum absolute atomic E-state index is 14.0. The van der Waals surface area contributed by atoms with E-state index >= 15 is 0 Å². The first kappa shape index (κ1) is 23.7. The Hall–Kier alpha value is -1.91. The molecule has 2 aromatic carbocycles. The van der Waals surface area contributed by atoms with E-state index in [4.69, 9.17) is 0 Å². The van der Waals surface area contributed by atoms with Gasteiger partial charge in [-0.3, -0.25) is 0 Å². The normalized spacial score (nSPS) is 19.5. The molecule has 1 saturated carbocycles. The van der Waals surface area contributed by atoms with Crippen molar-refractivity contribution in [2.45, 2.75) is 83.2 Å². The molecule has 0 nitrogen and oxygen atoms in total. The largest absolute Gasteiger partial charge is 0.416 e. The van der Waals surface area contributed by atoms with E-state index in [9.17, 15) is 22.0 Å². The molecule has 0 bridgehead atoms. The van der Waals surface area contributed by atoms with E-state index in [1.807, 2.05) is 12.1 Å². The van der Waals surface area contributed by atoms with E-state index in [0.29, 0.717) is 18.4 Å². The van der Waals surface area contributed by atoms with Crippen LogP contribution in [0.2, 0.25) is 0 Å². The number of hydrogen-bond acceptors (Lipinski definition) is 0. The third kappa shape index (κ3) is 6.54. The van der Waals surface area contributed by atoms with Crippen molar-refractivity contribution in [2.75, 3.05) is 0 Å². The van der Waals surface area contributed by atoms with Crippen molar-refractivity contribution >= 4 is 0 Å². The Kier molecular flexibility index (Phi) is 8.12. The molecule has 0 aromatic heterocycles. The molecule has 3 rings (SSSR count). The molecule has 0 N–H and O–H groups in total. The van der Waals surface area contributed by atoms with Crippen LogP contribution in [0.5, 0.6) is 0 Å². The molecule has 2 aromatic rings. The lowest BCUT2D eigenvalue weighted by Crippen LogP contribution is -2.13. The highest BCUT2D eigenvalue weighted by molar-refractivity contribution is 5.31. The van der Waals surface area contributed by atoms with Gasteiger partial charge in [-0.2, -0.15) is 13.2 Å². The van der Waals surface area contributed by atoms with Gasteiger partial charge in [0.15, 0.2) is 11.6 Å². The second-order valence-electron chi connectivity index (χ2n) is 8.88. The summed E-state index contributed by atoms with van der Waals surface area (Å²) in [5, 5.41) is 0. The topological polar surface area (TPSA) is 0 Å². The number of rotatable bonds is 8. The van der Waals surface area contributed by atoms with Gasteiger partial charge in [-0.15, -0.1) is 0 Å². The molecule has 0 heterocycles. The molecule has 31 heavy (non-hydrogen) atoms. The first-order chi connectivity index (χ1) is 14.8. The SMILES string of the molecule is CCCCCC1CCC(c2ccc(CCc3cc(C(F)(F)F)cc(F)c3F)cc2)CC1. The summed E-state index contributed by atoms with van der Waals surface area (Å²) < 4.78 is 66.2. The molecule has 0 unspecified atom stereocenters. The van der Waals surface area contributed by atoms with Crippen LogP contribution in [0.25, 0.3) is 0 Å². The zero-order valence-corrected chi connectivity index (χ0v) is 18.1. The van der Waals surface area contributed by atoms with Crippen LogP contribution >= 0.6 is 0 Å². The zero-order valence-electron chi connectivity index (χ0n) is 18.1. The van der Waals surface area contributed by atoms with Gasteiger partial charge >= 0.3 is 6.18 Å². The van der Waals surface area contributed by atoms with Gasteiger partial charge in [0.1, 0.15) is 0 Å². The van der Waals surface area contributed by atoms with Crippen LogP contribution < -0.4 is 0 Å². The minimum atomic E-state index is -4.69. The number of alkyl halides is 3. The van der Waals surface area contributed by atoms with Gasteiger partial charge in [0.25, 0.3) is 0 Å². The van der Waals surface area contributed by atoms with E-state index in [2.05, 4.69) is 19.1 Å². The van der Waals surface area contributed by atoms with Gasteiger partial charge in [0.05, 0.1) is 5.56 Å². The summed E-state index contributed by atoms with van der Waals surface area (Å²) in [6, 6.07) is 9.02. The average Bonchev–Trinajstić information content (AvgIpc) is 2.75. The number of hydrogen-bond donors (Lipinski definition) is 0. The van der Waals surface area contributed by atoms with Gasteiger partial charge in [-0.1, -0.05) is 56.9 Å². The Balaban J connectivity index is 1.56. The molecule has 0 saturated heterocycles. The van der Waals surface area contributed by atoms with E-state index in [-0.39, 0.29) is 18.1 Å². The van der Waals surface area contributed by atoms with E-state index in [0.717, 1.165) is 11.5 Å². The fraction of sp³-hybridized carbons (Fsp3) is 0.538. The standard InChI is InChI=1S/C26H31F5/c1-2-3-4-5-18-6-11-20(12-7-18)21-13-8-19(9-14-21)10-15-22-16-23(26(29,30)31)17-24(27)25(22)28/h8-9,13-14,16-18,20H,2-7,10-12,15H2,1H3. The van der Waals surface area contributed by atoms with Gasteiger partial charge in [-0.25, -0.2) is 8.78 Å². The quantitative estimate of drug-likeness (QED) is 0.286. The van der Waals surface area contributed by atoms with E-state index in [1.165, 1.54) is 56.9 Å². The highest BCUT2D eigenvalue weighted by Crippen LogP contribution is 2.38. The fourth-order valence-corrected chi connectivity index (χ4v) is 4.69. The highest BCUT2D eigenvalue weighted by Gasteiger charge is 2.32. The molecule has 0 radical (unpaired) electrons. The zero-order chi connectivity index (χ0) is 22.4. The number of benzene rings is 2. The summed E-state index contributed by atoms with van der Waals surface area (Å²) in [5.74, 6) is -1.23. The first-order valence-electron chi connectivity index (χ1n) is 11.4. The Morgan fingerprint density at radius 2 is 1.55 bits per heavy atom. The summed E-state index contributed by atoms with van der Waals surface area (Å²) in [6.45, 7) is 2.23. The third-order valence-electron chi connectivity index (χ3n) is 6.63. The summed E-state index contributed by atoms with van der Waals surface area (Å²) >= 11 is 0. The van der Waals surface area contributed by atoms with Crippen LogP contribution in [0, 0.1) is 17.6 Å². The van der Waals surface area contributed by atoms with Gasteiger partial charge in [0, 0.05) is 0 Å². The Bertz CT molecular complexity index is 830. The molecule has 0 atom stereocenters. The van der Waals surface area contributed by atoms with Crippen LogP contribution in [-0.4, -0.2) is 0 Å². The Labute approximate surface area is 181 Å².